The molecule has 0 spiro atoms. The van der Waals surface area contributed by atoms with Gasteiger partial charge in [-0.15, -0.1) is 0 Å². The van der Waals surface area contributed by atoms with E-state index in [9.17, 15) is 4.79 Å². The third kappa shape index (κ3) is 3.00. The van der Waals surface area contributed by atoms with Crippen LogP contribution in [0, 0.1) is 6.92 Å². The molecule has 7 heteroatoms. The molecular formula is C16H17ClN4O2. The molecule has 1 aromatic carbocycles. The molecule has 120 valence electrons. The molecule has 0 unspecified atom stereocenters. The Morgan fingerprint density at radius 2 is 2.17 bits per heavy atom. The molecule has 0 amide bonds. The molecule has 0 radical (unpaired) electrons. The van der Waals surface area contributed by atoms with Gasteiger partial charge in [-0.1, -0.05) is 17.7 Å². The molecule has 0 saturated carbocycles. The van der Waals surface area contributed by atoms with Crippen molar-refractivity contribution >= 4 is 22.5 Å². The summed E-state index contributed by atoms with van der Waals surface area (Å²) >= 11 is 6.05. The van der Waals surface area contributed by atoms with E-state index >= 15 is 0 Å². The number of hydrogen-bond acceptors (Lipinski definition) is 4. The van der Waals surface area contributed by atoms with E-state index in [0.29, 0.717) is 30.3 Å². The Kier molecular flexibility index (Phi) is 4.45. The van der Waals surface area contributed by atoms with Crippen LogP contribution >= 0.6 is 11.6 Å². The topological polar surface area (TPSA) is 61.9 Å². The third-order valence-electron chi connectivity index (χ3n) is 3.57. The first-order valence-corrected chi connectivity index (χ1v) is 7.78. The van der Waals surface area contributed by atoms with Crippen molar-refractivity contribution in [3.8, 4) is 5.69 Å². The average molecular weight is 333 g/mol. The van der Waals surface area contributed by atoms with Gasteiger partial charge in [-0.3, -0.25) is 4.79 Å². The largest absolute Gasteiger partial charge is 0.380 e. The minimum Gasteiger partial charge on any atom is -0.380 e. The molecule has 6 nitrogen and oxygen atoms in total. The molecule has 0 fully saturated rings. The summed E-state index contributed by atoms with van der Waals surface area (Å²) in [5, 5.41) is 10.0. The Labute approximate surface area is 138 Å². The number of halogens is 1. The Morgan fingerprint density at radius 1 is 1.35 bits per heavy atom. The zero-order chi connectivity index (χ0) is 16.4. The van der Waals surface area contributed by atoms with Crippen LogP contribution in [0.2, 0.25) is 5.02 Å². The SMILES string of the molecule is CCOCCn1nc(C)c2cnn(-c3cccc(Cl)c3)c2c1=O. The van der Waals surface area contributed by atoms with E-state index in [0.717, 1.165) is 16.8 Å². The van der Waals surface area contributed by atoms with Crippen LogP contribution in [0.4, 0.5) is 0 Å². The Hall–Kier alpha value is -2.18. The van der Waals surface area contributed by atoms with Gasteiger partial charge in [-0.2, -0.15) is 10.2 Å². The standard InChI is InChI=1S/C16H17ClN4O2/c1-3-23-8-7-20-16(22)15-14(11(2)19-20)10-18-21(15)13-6-4-5-12(17)9-13/h4-6,9-10H,3,7-8H2,1-2H3. The van der Waals surface area contributed by atoms with Gasteiger partial charge in [-0.05, 0) is 32.0 Å². The summed E-state index contributed by atoms with van der Waals surface area (Å²) in [5.74, 6) is 0. The van der Waals surface area contributed by atoms with E-state index < -0.39 is 0 Å². The summed E-state index contributed by atoms with van der Waals surface area (Å²) in [6.07, 6.45) is 1.66. The predicted octanol–water partition coefficient (Wildman–Crippen LogP) is 2.58. The van der Waals surface area contributed by atoms with Crippen LogP contribution in [0.3, 0.4) is 0 Å². The molecule has 2 heterocycles. The summed E-state index contributed by atoms with van der Waals surface area (Å²) in [7, 11) is 0. The molecule has 3 rings (SSSR count). The number of nitrogens with zero attached hydrogens (tertiary/aromatic N) is 4. The van der Waals surface area contributed by atoms with Crippen LogP contribution < -0.4 is 5.56 Å². The first kappa shape index (κ1) is 15.7. The molecule has 0 saturated heterocycles. The fraction of sp³-hybridized carbons (Fsp3) is 0.312. The van der Waals surface area contributed by atoms with Crippen LogP contribution in [0.15, 0.2) is 35.3 Å². The van der Waals surface area contributed by atoms with Gasteiger partial charge in [-0.25, -0.2) is 9.36 Å². The summed E-state index contributed by atoms with van der Waals surface area (Å²) in [6, 6.07) is 7.24. The minimum atomic E-state index is -0.192. The van der Waals surface area contributed by atoms with Crippen LogP contribution in [0.5, 0.6) is 0 Å². The van der Waals surface area contributed by atoms with Crippen molar-refractivity contribution in [3.63, 3.8) is 0 Å². The van der Waals surface area contributed by atoms with E-state index in [1.165, 1.54) is 4.68 Å². The van der Waals surface area contributed by atoms with Gasteiger partial charge in [0.25, 0.3) is 5.56 Å². The Balaban J connectivity index is 2.16. The van der Waals surface area contributed by atoms with Crippen LogP contribution in [0.25, 0.3) is 16.6 Å². The predicted molar refractivity (Wildman–Crippen MR) is 89.4 cm³/mol. The van der Waals surface area contributed by atoms with Crippen molar-refractivity contribution in [1.82, 2.24) is 19.6 Å². The van der Waals surface area contributed by atoms with Gasteiger partial charge in [0.2, 0.25) is 0 Å². The molecule has 3 aromatic rings. The van der Waals surface area contributed by atoms with E-state index in [1.807, 2.05) is 26.0 Å². The number of aromatic nitrogens is 4. The highest BCUT2D eigenvalue weighted by atomic mass is 35.5. The maximum atomic E-state index is 12.8. The van der Waals surface area contributed by atoms with Gasteiger partial charge in [0, 0.05) is 17.0 Å². The molecular weight excluding hydrogens is 316 g/mol. The van der Waals surface area contributed by atoms with E-state index in [2.05, 4.69) is 10.2 Å². The highest BCUT2D eigenvalue weighted by Crippen LogP contribution is 2.19. The maximum Gasteiger partial charge on any atom is 0.293 e. The maximum absolute atomic E-state index is 12.8. The van der Waals surface area contributed by atoms with Crippen molar-refractivity contribution in [2.45, 2.75) is 20.4 Å². The zero-order valence-electron chi connectivity index (χ0n) is 13.0. The van der Waals surface area contributed by atoms with E-state index in [4.69, 9.17) is 16.3 Å². The van der Waals surface area contributed by atoms with Gasteiger partial charge >= 0.3 is 0 Å². The molecule has 0 aliphatic carbocycles. The smallest absolute Gasteiger partial charge is 0.293 e. The van der Waals surface area contributed by atoms with Gasteiger partial charge in [0.1, 0.15) is 5.52 Å². The molecule has 0 aliphatic rings. The molecule has 0 aliphatic heterocycles. The van der Waals surface area contributed by atoms with Crippen LogP contribution in [-0.2, 0) is 11.3 Å². The lowest BCUT2D eigenvalue weighted by molar-refractivity contribution is 0.135. The highest BCUT2D eigenvalue weighted by Gasteiger charge is 2.15. The Bertz CT molecular complexity index is 901. The monoisotopic (exact) mass is 332 g/mol. The highest BCUT2D eigenvalue weighted by molar-refractivity contribution is 6.30. The lowest BCUT2D eigenvalue weighted by Gasteiger charge is -2.08. The summed E-state index contributed by atoms with van der Waals surface area (Å²) in [6.45, 7) is 5.24. The van der Waals surface area contributed by atoms with E-state index in [1.54, 1.807) is 23.0 Å². The lowest BCUT2D eigenvalue weighted by Crippen LogP contribution is -2.27. The van der Waals surface area contributed by atoms with Crippen molar-refractivity contribution in [3.05, 3.63) is 51.5 Å². The molecule has 23 heavy (non-hydrogen) atoms. The van der Waals surface area contributed by atoms with Crippen LogP contribution in [0.1, 0.15) is 12.6 Å². The quantitative estimate of drug-likeness (QED) is 0.674. The lowest BCUT2D eigenvalue weighted by atomic mass is 10.2. The number of benzene rings is 1. The molecule has 0 bridgehead atoms. The summed E-state index contributed by atoms with van der Waals surface area (Å²) < 4.78 is 8.35. The number of fused-ring (bicyclic) bond motifs is 1. The second-order valence-corrected chi connectivity index (χ2v) is 5.55. The fourth-order valence-electron chi connectivity index (χ4n) is 2.47. The second kappa shape index (κ2) is 6.52. The van der Waals surface area contributed by atoms with Crippen LogP contribution in [-0.4, -0.2) is 32.8 Å². The van der Waals surface area contributed by atoms with Crippen molar-refractivity contribution in [2.24, 2.45) is 0 Å². The number of aryl methyl sites for hydroxylation is 1. The molecule has 0 atom stereocenters. The number of rotatable bonds is 5. The average Bonchev–Trinajstić information content (AvgIpc) is 2.98. The summed E-state index contributed by atoms with van der Waals surface area (Å²) in [4.78, 5) is 12.8. The van der Waals surface area contributed by atoms with E-state index in [-0.39, 0.29) is 5.56 Å². The van der Waals surface area contributed by atoms with Gasteiger partial charge in [0.05, 0.1) is 30.7 Å². The first-order valence-electron chi connectivity index (χ1n) is 7.41. The first-order chi connectivity index (χ1) is 11.1. The van der Waals surface area contributed by atoms with Gasteiger partial charge < -0.3 is 4.74 Å². The number of hydrogen-bond donors (Lipinski definition) is 0. The van der Waals surface area contributed by atoms with Crippen molar-refractivity contribution in [2.75, 3.05) is 13.2 Å². The van der Waals surface area contributed by atoms with Crippen molar-refractivity contribution in [1.29, 1.82) is 0 Å². The number of ether oxygens (including phenoxy) is 1. The third-order valence-corrected chi connectivity index (χ3v) is 3.81. The molecule has 2 aromatic heterocycles. The molecule has 0 N–H and O–H groups in total. The van der Waals surface area contributed by atoms with Crippen molar-refractivity contribution < 1.29 is 4.74 Å². The minimum absolute atomic E-state index is 0.192. The second-order valence-electron chi connectivity index (χ2n) is 5.11. The normalized spacial score (nSPS) is 11.3. The summed E-state index contributed by atoms with van der Waals surface area (Å²) in [5.41, 5.74) is 1.80. The zero-order valence-corrected chi connectivity index (χ0v) is 13.7. The van der Waals surface area contributed by atoms with Gasteiger partial charge in [0.15, 0.2) is 0 Å². The Morgan fingerprint density at radius 3 is 2.91 bits per heavy atom. The fourth-order valence-corrected chi connectivity index (χ4v) is 2.66.